The molecule has 1 aliphatic rings. The van der Waals surface area contributed by atoms with Gasteiger partial charge in [-0.2, -0.15) is 9.97 Å². The summed E-state index contributed by atoms with van der Waals surface area (Å²) in [6.45, 7) is 4.27. The minimum Gasteiger partial charge on any atom is -0.443 e. The summed E-state index contributed by atoms with van der Waals surface area (Å²) in [4.78, 5) is 18.8. The van der Waals surface area contributed by atoms with E-state index < -0.39 is 12.1 Å². The smallest absolute Gasteiger partial charge is 0.238 e. The maximum Gasteiger partial charge on any atom is 0.238 e. The first kappa shape index (κ1) is 21.5. The van der Waals surface area contributed by atoms with Gasteiger partial charge in [0.2, 0.25) is 5.95 Å². The molecule has 3 heterocycles. The van der Waals surface area contributed by atoms with Crippen molar-refractivity contribution in [2.75, 3.05) is 0 Å². The molecule has 0 radical (unpaired) electrons. The van der Waals surface area contributed by atoms with Crippen molar-refractivity contribution in [2.45, 2.75) is 19.3 Å². The Kier molecular flexibility index (Phi) is 4.51. The number of fused-ring (bicyclic) bond motifs is 8. The van der Waals surface area contributed by atoms with Crippen LogP contribution in [0.15, 0.2) is 144 Å². The quantitative estimate of drug-likeness (QED) is 0.192. The molecule has 0 spiro atoms. The zero-order valence-corrected chi connectivity index (χ0v) is 26.4. The van der Waals surface area contributed by atoms with E-state index in [2.05, 4.69) is 24.9 Å². The fourth-order valence-electron chi connectivity index (χ4n) is 7.07. The molecule has 49 heavy (non-hydrogen) atoms. The molecular formula is C43H29N5O. The molecule has 0 bridgehead atoms. The maximum absolute atomic E-state index is 9.79. The summed E-state index contributed by atoms with van der Waals surface area (Å²) in [7, 11) is 0. The van der Waals surface area contributed by atoms with Crippen LogP contribution in [0.2, 0.25) is 0 Å². The average Bonchev–Trinajstić information content (AvgIpc) is 3.91. The first-order valence-corrected chi connectivity index (χ1v) is 15.9. The van der Waals surface area contributed by atoms with Gasteiger partial charge in [0.05, 0.1) is 20.6 Å². The third-order valence-electron chi connectivity index (χ3n) is 9.47. The molecule has 0 aliphatic heterocycles. The van der Waals surface area contributed by atoms with Crippen molar-refractivity contribution < 1.29 is 14.0 Å². The molecule has 1 aliphatic carbocycles. The number of aromatic nitrogens is 5. The maximum atomic E-state index is 9.79. The molecule has 0 atom stereocenters. The van der Waals surface area contributed by atoms with E-state index >= 15 is 0 Å². The number of hydrogen-bond donors (Lipinski definition) is 0. The van der Waals surface area contributed by atoms with Crippen LogP contribution >= 0.6 is 0 Å². The normalized spacial score (nSPS) is 15.3. The van der Waals surface area contributed by atoms with E-state index in [-0.39, 0.29) is 68.9 Å². The summed E-state index contributed by atoms with van der Waals surface area (Å²) in [5.74, 6) is 0.580. The summed E-state index contributed by atoms with van der Waals surface area (Å²) in [5, 5.41) is 0.120. The predicted octanol–water partition coefficient (Wildman–Crippen LogP) is 10.4. The van der Waals surface area contributed by atoms with Crippen LogP contribution in [-0.4, -0.2) is 24.5 Å². The molecule has 232 valence electrons. The highest BCUT2D eigenvalue weighted by Crippen LogP contribution is 2.52. The van der Waals surface area contributed by atoms with Gasteiger partial charge in [-0.05, 0) is 58.1 Å². The number of rotatable bonds is 4. The zero-order valence-electron chi connectivity index (χ0n) is 33.4. The van der Waals surface area contributed by atoms with Gasteiger partial charge in [-0.1, -0.05) is 117 Å². The van der Waals surface area contributed by atoms with E-state index in [1.165, 1.54) is 11.0 Å². The highest BCUT2D eigenvalue weighted by Gasteiger charge is 2.37. The van der Waals surface area contributed by atoms with Crippen LogP contribution in [0.4, 0.5) is 0 Å². The molecule has 0 N–H and O–H groups in total. The minimum atomic E-state index is -0.491. The number of nitrogens with zero attached hydrogens (tertiary/aromatic N) is 5. The molecule has 0 unspecified atom stereocenters. The third kappa shape index (κ3) is 4.14. The fourth-order valence-corrected chi connectivity index (χ4v) is 7.07. The van der Waals surface area contributed by atoms with Crippen molar-refractivity contribution in [3.8, 4) is 51.0 Å². The Morgan fingerprint density at radius 2 is 1.35 bits per heavy atom. The van der Waals surface area contributed by atoms with Crippen molar-refractivity contribution >= 4 is 32.9 Å². The second-order valence-corrected chi connectivity index (χ2v) is 12.6. The molecule has 0 saturated heterocycles. The molecule has 6 heteroatoms. The van der Waals surface area contributed by atoms with Gasteiger partial charge in [0.1, 0.15) is 5.52 Å². The molecule has 9 aromatic rings. The minimum absolute atomic E-state index is 0.00823. The number of para-hydroxylation sites is 1. The number of benzene rings is 6. The summed E-state index contributed by atoms with van der Waals surface area (Å²) >= 11 is 0. The van der Waals surface area contributed by atoms with Gasteiger partial charge >= 0.3 is 0 Å². The Hall–Kier alpha value is -6.40. The molecule has 0 fully saturated rings. The third-order valence-corrected chi connectivity index (χ3v) is 9.47. The Labute approximate surface area is 292 Å². The van der Waals surface area contributed by atoms with E-state index in [1.807, 2.05) is 84.9 Å². The average molecular weight is 639 g/mol. The lowest BCUT2D eigenvalue weighted by Gasteiger charge is -2.21. The van der Waals surface area contributed by atoms with Gasteiger partial charge in [-0.25, -0.2) is 9.97 Å². The summed E-state index contributed by atoms with van der Waals surface area (Å²) in [5.41, 5.74) is 6.85. The summed E-state index contributed by atoms with van der Waals surface area (Å²) in [6.07, 6.45) is 1.42. The van der Waals surface area contributed by atoms with Crippen LogP contribution < -0.4 is 0 Å². The Morgan fingerprint density at radius 1 is 0.653 bits per heavy atom. The standard InChI is InChI=1S/C43H29N5O/c1-43(2)33-19-17-28(24-32(33)38-34(43)20-21-35-39(38)49-25-44-35)29-18-22-37-31(23-29)30-15-9-10-16-36(30)48(37)42-46-40(26-11-5-3-6-12-26)45-41(47-42)27-13-7-4-8-14-27/h3-25H,1-2H3/i9D,10D,15D,16D,18D,22D,23D. The monoisotopic (exact) mass is 638 g/mol. The van der Waals surface area contributed by atoms with Gasteiger partial charge in [0.25, 0.3) is 0 Å². The summed E-state index contributed by atoms with van der Waals surface area (Å²) < 4.78 is 71.8. The van der Waals surface area contributed by atoms with Gasteiger partial charge in [0, 0.05) is 32.9 Å². The first-order chi connectivity index (χ1) is 27.0. The predicted molar refractivity (Wildman–Crippen MR) is 196 cm³/mol. The van der Waals surface area contributed by atoms with Gasteiger partial charge < -0.3 is 4.42 Å². The SMILES string of the molecule is [2H]c1c([2H])c([2H])c2c(c1[2H])c1c([2H])c(-c3ccc4c(c3)-c3c(ccc5ncoc35)C4(C)C)c([2H])c([2H])c1n2-c1nc(-c2ccccc2)nc(-c2ccccc2)n1. The van der Waals surface area contributed by atoms with E-state index in [1.54, 1.807) is 0 Å². The van der Waals surface area contributed by atoms with Crippen molar-refractivity contribution in [2.24, 2.45) is 0 Å². The van der Waals surface area contributed by atoms with Crippen LogP contribution in [0.3, 0.4) is 0 Å². The molecule has 0 saturated carbocycles. The molecular weight excluding hydrogens is 603 g/mol. The van der Waals surface area contributed by atoms with Crippen LogP contribution in [0.25, 0.3) is 83.9 Å². The molecule has 0 amide bonds. The first-order valence-electron chi connectivity index (χ1n) is 19.4. The van der Waals surface area contributed by atoms with Gasteiger partial charge in [0.15, 0.2) is 23.6 Å². The molecule has 6 nitrogen and oxygen atoms in total. The lowest BCUT2D eigenvalue weighted by Crippen LogP contribution is -2.14. The molecule has 3 aromatic heterocycles. The molecule has 6 aromatic carbocycles. The largest absolute Gasteiger partial charge is 0.443 e. The van der Waals surface area contributed by atoms with E-state index in [4.69, 9.17) is 23.5 Å². The second kappa shape index (κ2) is 10.3. The van der Waals surface area contributed by atoms with Crippen LogP contribution in [-0.2, 0) is 5.41 Å². The van der Waals surface area contributed by atoms with Crippen LogP contribution in [0.5, 0.6) is 0 Å². The number of oxazole rings is 1. The van der Waals surface area contributed by atoms with Crippen molar-refractivity contribution in [1.29, 1.82) is 0 Å². The highest BCUT2D eigenvalue weighted by molar-refractivity contribution is 6.10. The zero-order chi connectivity index (χ0) is 38.8. The Balaban J connectivity index is 1.31. The van der Waals surface area contributed by atoms with Gasteiger partial charge in [-0.15, -0.1) is 0 Å². The number of hydrogen-bond acceptors (Lipinski definition) is 5. The van der Waals surface area contributed by atoms with Crippen molar-refractivity contribution in [1.82, 2.24) is 24.5 Å². The van der Waals surface area contributed by atoms with Crippen molar-refractivity contribution in [3.05, 3.63) is 151 Å². The van der Waals surface area contributed by atoms with E-state index in [0.717, 1.165) is 22.3 Å². The van der Waals surface area contributed by atoms with E-state index in [9.17, 15) is 5.48 Å². The lowest BCUT2D eigenvalue weighted by molar-refractivity contribution is 0.601. The Morgan fingerprint density at radius 3 is 2.10 bits per heavy atom. The summed E-state index contributed by atoms with van der Waals surface area (Å²) in [6, 6.07) is 25.8. The van der Waals surface area contributed by atoms with Crippen LogP contribution in [0, 0.1) is 0 Å². The van der Waals surface area contributed by atoms with E-state index in [0.29, 0.717) is 39.4 Å². The second-order valence-electron chi connectivity index (χ2n) is 12.6. The fraction of sp³-hybridized carbons (Fsp3) is 0.0698. The molecule has 10 rings (SSSR count). The topological polar surface area (TPSA) is 69.6 Å². The Bertz CT molecular complexity index is 3080. The van der Waals surface area contributed by atoms with Crippen LogP contribution in [0.1, 0.15) is 34.6 Å². The van der Waals surface area contributed by atoms with Crippen molar-refractivity contribution in [3.63, 3.8) is 0 Å². The lowest BCUT2D eigenvalue weighted by atomic mass is 9.82. The van der Waals surface area contributed by atoms with Gasteiger partial charge in [-0.3, -0.25) is 4.57 Å². The highest BCUT2D eigenvalue weighted by atomic mass is 16.3.